The fourth-order valence-corrected chi connectivity index (χ4v) is 5.10. The normalized spacial score (nSPS) is 26.8. The van der Waals surface area contributed by atoms with Gasteiger partial charge in [-0.25, -0.2) is 8.42 Å². The average Bonchev–Trinajstić information content (AvgIpc) is 2.95. The van der Waals surface area contributed by atoms with Gasteiger partial charge in [0.05, 0.1) is 23.6 Å². The zero-order valence-electron chi connectivity index (χ0n) is 11.7. The molecule has 2 fully saturated rings. The zero-order valence-corrected chi connectivity index (χ0v) is 13.2. The molecule has 2 unspecified atom stereocenters. The van der Waals surface area contributed by atoms with E-state index in [0.717, 1.165) is 19.3 Å². The number of nitrogens with two attached hydrogens (primary N) is 1. The van der Waals surface area contributed by atoms with E-state index in [1.807, 2.05) is 0 Å². The first-order chi connectivity index (χ1) is 10.0. The van der Waals surface area contributed by atoms with E-state index in [1.54, 1.807) is 22.5 Å². The van der Waals surface area contributed by atoms with Crippen molar-refractivity contribution in [3.05, 3.63) is 28.8 Å². The summed E-state index contributed by atoms with van der Waals surface area (Å²) >= 11 is 6.01. The van der Waals surface area contributed by atoms with Crippen molar-refractivity contribution in [3.63, 3.8) is 0 Å². The number of benzene rings is 1. The number of fused-ring (bicyclic) bond motifs is 1. The molecule has 1 saturated heterocycles. The van der Waals surface area contributed by atoms with Crippen molar-refractivity contribution >= 4 is 21.6 Å². The van der Waals surface area contributed by atoms with Gasteiger partial charge in [0.2, 0.25) is 10.0 Å². The van der Waals surface area contributed by atoms with Gasteiger partial charge in [-0.15, -0.1) is 0 Å². The van der Waals surface area contributed by atoms with Crippen LogP contribution >= 0.6 is 11.6 Å². The summed E-state index contributed by atoms with van der Waals surface area (Å²) in [5.74, 6) is 0. The molecule has 21 heavy (non-hydrogen) atoms. The molecule has 1 aliphatic heterocycles. The summed E-state index contributed by atoms with van der Waals surface area (Å²) in [6.07, 6.45) is 2.84. The lowest BCUT2D eigenvalue weighted by Crippen LogP contribution is -2.51. The molecule has 1 saturated carbocycles. The fourth-order valence-electron chi connectivity index (χ4n) is 3.19. The second-order valence-electron chi connectivity index (χ2n) is 5.48. The highest BCUT2D eigenvalue weighted by molar-refractivity contribution is 7.89. The van der Waals surface area contributed by atoms with Crippen LogP contribution in [0.4, 0.5) is 0 Å². The lowest BCUT2D eigenvalue weighted by molar-refractivity contribution is -0.0241. The minimum Gasteiger partial charge on any atom is -0.375 e. The molecule has 2 atom stereocenters. The van der Waals surface area contributed by atoms with E-state index in [1.165, 1.54) is 0 Å². The predicted molar refractivity (Wildman–Crippen MR) is 80.6 cm³/mol. The van der Waals surface area contributed by atoms with E-state index in [0.29, 0.717) is 23.7 Å². The van der Waals surface area contributed by atoms with E-state index in [2.05, 4.69) is 0 Å². The SMILES string of the molecule is NCc1cc(S(=O)(=O)N2CCOC3CCCC32)ccc1Cl. The molecule has 116 valence electrons. The lowest BCUT2D eigenvalue weighted by atomic mass is 10.2. The number of hydrogen-bond acceptors (Lipinski definition) is 4. The van der Waals surface area contributed by atoms with Gasteiger partial charge in [-0.2, -0.15) is 4.31 Å². The third-order valence-corrected chi connectivity index (χ3v) is 6.56. The highest BCUT2D eigenvalue weighted by Crippen LogP contribution is 2.34. The minimum absolute atomic E-state index is 0.0369. The molecule has 0 aromatic heterocycles. The Morgan fingerprint density at radius 2 is 2.19 bits per heavy atom. The molecule has 0 amide bonds. The van der Waals surface area contributed by atoms with Crippen LogP contribution < -0.4 is 5.73 Å². The first-order valence-electron chi connectivity index (χ1n) is 7.16. The van der Waals surface area contributed by atoms with Crippen LogP contribution in [0.25, 0.3) is 0 Å². The largest absolute Gasteiger partial charge is 0.375 e. The van der Waals surface area contributed by atoms with Crippen LogP contribution in [0.5, 0.6) is 0 Å². The van der Waals surface area contributed by atoms with E-state index in [4.69, 9.17) is 22.1 Å². The standard InChI is InChI=1S/C14H19ClN2O3S/c15-12-5-4-11(8-10(12)9-16)21(18,19)17-6-7-20-14-3-1-2-13(14)17/h4-5,8,13-14H,1-3,6-7,9,16H2. The molecule has 7 heteroatoms. The topological polar surface area (TPSA) is 72.6 Å². The molecule has 1 aromatic carbocycles. The van der Waals surface area contributed by atoms with Crippen molar-refractivity contribution in [1.29, 1.82) is 0 Å². The Kier molecular flexibility index (Phi) is 4.25. The maximum Gasteiger partial charge on any atom is 0.243 e. The highest BCUT2D eigenvalue weighted by atomic mass is 35.5. The minimum atomic E-state index is -3.53. The summed E-state index contributed by atoms with van der Waals surface area (Å²) < 4.78 is 33.1. The van der Waals surface area contributed by atoms with Crippen LogP contribution in [0, 0.1) is 0 Å². The molecule has 2 aliphatic rings. The van der Waals surface area contributed by atoms with Gasteiger partial charge in [-0.3, -0.25) is 0 Å². The molecule has 1 aromatic rings. The quantitative estimate of drug-likeness (QED) is 0.916. The number of sulfonamides is 1. The molecule has 0 bridgehead atoms. The van der Waals surface area contributed by atoms with Crippen LogP contribution in [-0.4, -0.2) is 38.0 Å². The van der Waals surface area contributed by atoms with Crippen molar-refractivity contribution in [2.45, 2.75) is 42.8 Å². The van der Waals surface area contributed by atoms with Gasteiger partial charge in [0, 0.05) is 18.1 Å². The van der Waals surface area contributed by atoms with Gasteiger partial charge >= 0.3 is 0 Å². The molecule has 1 aliphatic carbocycles. The fraction of sp³-hybridized carbons (Fsp3) is 0.571. The van der Waals surface area contributed by atoms with Crippen molar-refractivity contribution in [2.75, 3.05) is 13.2 Å². The first kappa shape index (κ1) is 15.2. The highest BCUT2D eigenvalue weighted by Gasteiger charge is 2.42. The number of morpholine rings is 1. The van der Waals surface area contributed by atoms with Crippen LogP contribution in [0.3, 0.4) is 0 Å². The molecule has 3 rings (SSSR count). The third kappa shape index (κ3) is 2.71. The summed E-state index contributed by atoms with van der Waals surface area (Å²) in [6, 6.07) is 4.69. The summed E-state index contributed by atoms with van der Waals surface area (Å²) in [7, 11) is -3.53. The van der Waals surface area contributed by atoms with Crippen LogP contribution in [0.2, 0.25) is 5.02 Å². The Labute approximate surface area is 130 Å². The smallest absolute Gasteiger partial charge is 0.243 e. The van der Waals surface area contributed by atoms with Gasteiger partial charge in [-0.05, 0) is 43.0 Å². The molecular formula is C14H19ClN2O3S. The molecule has 0 radical (unpaired) electrons. The van der Waals surface area contributed by atoms with Crippen molar-refractivity contribution in [3.8, 4) is 0 Å². The second kappa shape index (κ2) is 5.85. The Morgan fingerprint density at radius 3 is 2.95 bits per heavy atom. The summed E-state index contributed by atoms with van der Waals surface area (Å²) in [5, 5.41) is 0.497. The Bertz CT molecular complexity index is 635. The molecular weight excluding hydrogens is 312 g/mol. The lowest BCUT2D eigenvalue weighted by Gasteiger charge is -2.36. The zero-order chi connectivity index (χ0) is 15.0. The number of nitrogens with zero attached hydrogens (tertiary/aromatic N) is 1. The first-order valence-corrected chi connectivity index (χ1v) is 8.98. The van der Waals surface area contributed by atoms with Crippen molar-refractivity contribution < 1.29 is 13.2 Å². The van der Waals surface area contributed by atoms with Gasteiger partial charge in [0.15, 0.2) is 0 Å². The average molecular weight is 331 g/mol. The molecule has 0 spiro atoms. The number of rotatable bonds is 3. The summed E-state index contributed by atoms with van der Waals surface area (Å²) in [6.45, 7) is 1.08. The monoisotopic (exact) mass is 330 g/mol. The predicted octanol–water partition coefficient (Wildman–Crippen LogP) is 1.74. The number of halogens is 1. The van der Waals surface area contributed by atoms with E-state index >= 15 is 0 Å². The van der Waals surface area contributed by atoms with Crippen LogP contribution in [-0.2, 0) is 21.3 Å². The Morgan fingerprint density at radius 1 is 1.38 bits per heavy atom. The second-order valence-corrected chi connectivity index (χ2v) is 7.78. The summed E-state index contributed by atoms with van der Waals surface area (Å²) in [5.41, 5.74) is 6.26. The van der Waals surface area contributed by atoms with Crippen LogP contribution in [0.15, 0.2) is 23.1 Å². The van der Waals surface area contributed by atoms with Gasteiger partial charge in [0.25, 0.3) is 0 Å². The Hall–Kier alpha value is -0.660. The van der Waals surface area contributed by atoms with Gasteiger partial charge < -0.3 is 10.5 Å². The number of hydrogen-bond donors (Lipinski definition) is 1. The Balaban J connectivity index is 1.96. The maximum absolute atomic E-state index is 12.9. The van der Waals surface area contributed by atoms with Crippen molar-refractivity contribution in [1.82, 2.24) is 4.31 Å². The maximum atomic E-state index is 12.9. The molecule has 2 N–H and O–H groups in total. The van der Waals surface area contributed by atoms with Crippen molar-refractivity contribution in [2.24, 2.45) is 5.73 Å². The summed E-state index contributed by atoms with van der Waals surface area (Å²) in [4.78, 5) is 0.264. The van der Waals surface area contributed by atoms with Crippen LogP contribution in [0.1, 0.15) is 24.8 Å². The molecule has 1 heterocycles. The van der Waals surface area contributed by atoms with E-state index < -0.39 is 10.0 Å². The van der Waals surface area contributed by atoms with E-state index in [9.17, 15) is 8.42 Å². The van der Waals surface area contributed by atoms with E-state index in [-0.39, 0.29) is 23.6 Å². The molecule has 5 nitrogen and oxygen atoms in total. The van der Waals surface area contributed by atoms with Gasteiger partial charge in [0.1, 0.15) is 0 Å². The third-order valence-electron chi connectivity index (χ3n) is 4.27. The number of ether oxygens (including phenoxy) is 1. The van der Waals surface area contributed by atoms with Gasteiger partial charge in [-0.1, -0.05) is 11.6 Å².